The van der Waals surface area contributed by atoms with Crippen molar-refractivity contribution < 1.29 is 23.1 Å². The molecule has 0 amide bonds. The molecule has 1 rings (SSSR count). The maximum absolute atomic E-state index is 12.6. The number of alkyl halides is 3. The van der Waals surface area contributed by atoms with Gasteiger partial charge in [0.05, 0.1) is 11.5 Å². The van der Waals surface area contributed by atoms with E-state index in [4.69, 9.17) is 5.11 Å². The van der Waals surface area contributed by atoms with E-state index in [9.17, 15) is 18.0 Å². The number of halogens is 3. The van der Waals surface area contributed by atoms with Gasteiger partial charge in [-0.3, -0.25) is 4.79 Å². The molecular weight excluding hydrogens is 247 g/mol. The molecule has 2 N–H and O–H groups in total. The molecule has 1 unspecified atom stereocenters. The number of carbonyl (C=O) groups is 1. The molecule has 18 heavy (non-hydrogen) atoms. The molecule has 1 aromatic rings. The van der Waals surface area contributed by atoms with Gasteiger partial charge >= 0.3 is 12.1 Å². The Bertz CT molecular complexity index is 443. The van der Waals surface area contributed by atoms with Crippen LogP contribution in [0.5, 0.6) is 0 Å². The number of anilines is 1. The number of carboxylic acids is 1. The van der Waals surface area contributed by atoms with E-state index in [0.717, 1.165) is 6.07 Å². The molecule has 0 aliphatic carbocycles. The predicted octanol–water partition coefficient (Wildman–Crippen LogP) is 3.15. The van der Waals surface area contributed by atoms with Gasteiger partial charge in [-0.1, -0.05) is 13.0 Å². The van der Waals surface area contributed by atoms with Crippen LogP contribution in [0.4, 0.5) is 18.9 Å². The third-order valence-electron chi connectivity index (χ3n) is 2.58. The molecule has 100 valence electrons. The molecule has 3 nitrogen and oxygen atoms in total. The number of rotatable bonds is 4. The second-order valence-electron chi connectivity index (χ2n) is 4.15. The van der Waals surface area contributed by atoms with Gasteiger partial charge in [0.2, 0.25) is 0 Å². The quantitative estimate of drug-likeness (QED) is 0.875. The average Bonchev–Trinajstić information content (AvgIpc) is 2.25. The van der Waals surface area contributed by atoms with E-state index in [-0.39, 0.29) is 17.8 Å². The predicted molar refractivity (Wildman–Crippen MR) is 61.5 cm³/mol. The normalized spacial score (nSPS) is 13.2. The minimum atomic E-state index is -4.40. The Balaban J connectivity index is 2.83. The molecule has 0 heterocycles. The molecule has 0 saturated carbocycles. The number of hydrogen-bond donors (Lipinski definition) is 2. The maximum atomic E-state index is 12.6. The molecule has 1 aromatic carbocycles. The van der Waals surface area contributed by atoms with E-state index >= 15 is 0 Å². The third kappa shape index (κ3) is 3.65. The molecule has 0 saturated heterocycles. The van der Waals surface area contributed by atoms with Crippen molar-refractivity contribution in [2.75, 3.05) is 11.9 Å². The van der Waals surface area contributed by atoms with Gasteiger partial charge in [-0.05, 0) is 24.6 Å². The Morgan fingerprint density at radius 3 is 2.56 bits per heavy atom. The van der Waals surface area contributed by atoms with Gasteiger partial charge in [0.15, 0.2) is 0 Å². The van der Waals surface area contributed by atoms with Crippen molar-refractivity contribution in [2.45, 2.75) is 20.0 Å². The monoisotopic (exact) mass is 261 g/mol. The van der Waals surface area contributed by atoms with Crippen LogP contribution in [0.15, 0.2) is 18.2 Å². The van der Waals surface area contributed by atoms with Crippen LogP contribution < -0.4 is 5.32 Å². The van der Waals surface area contributed by atoms with Crippen LogP contribution in [0.3, 0.4) is 0 Å². The van der Waals surface area contributed by atoms with Crippen LogP contribution in [0.1, 0.15) is 18.1 Å². The first-order valence-corrected chi connectivity index (χ1v) is 5.36. The largest absolute Gasteiger partial charge is 0.481 e. The highest BCUT2D eigenvalue weighted by Crippen LogP contribution is 2.33. The number of hydrogen-bond acceptors (Lipinski definition) is 2. The average molecular weight is 261 g/mol. The van der Waals surface area contributed by atoms with Crippen LogP contribution in [-0.2, 0) is 11.0 Å². The van der Waals surface area contributed by atoms with Crippen LogP contribution in [0.25, 0.3) is 0 Å². The summed E-state index contributed by atoms with van der Waals surface area (Å²) in [4.78, 5) is 10.6. The van der Waals surface area contributed by atoms with Gasteiger partial charge in [-0.15, -0.1) is 0 Å². The van der Waals surface area contributed by atoms with Crippen molar-refractivity contribution >= 4 is 11.7 Å². The zero-order valence-electron chi connectivity index (χ0n) is 10.0. The first-order chi connectivity index (χ1) is 8.21. The minimum absolute atomic E-state index is 0.0791. The van der Waals surface area contributed by atoms with E-state index in [1.807, 2.05) is 0 Å². The SMILES string of the molecule is Cc1ccc(NCC(C)C(=O)O)cc1C(F)(F)F. The highest BCUT2D eigenvalue weighted by molar-refractivity contribution is 5.70. The third-order valence-corrected chi connectivity index (χ3v) is 2.58. The molecule has 0 aliphatic rings. The van der Waals surface area contributed by atoms with E-state index in [1.54, 1.807) is 0 Å². The van der Waals surface area contributed by atoms with Crippen molar-refractivity contribution in [3.05, 3.63) is 29.3 Å². The standard InChI is InChI=1S/C12H14F3NO2/c1-7-3-4-9(5-10(7)12(13,14)15)16-6-8(2)11(17)18/h3-5,8,16H,6H2,1-2H3,(H,17,18). The molecule has 0 aliphatic heterocycles. The second kappa shape index (κ2) is 5.29. The second-order valence-corrected chi connectivity index (χ2v) is 4.15. The Kier molecular flexibility index (Phi) is 4.21. The van der Waals surface area contributed by atoms with Crippen LogP contribution in [-0.4, -0.2) is 17.6 Å². The highest BCUT2D eigenvalue weighted by atomic mass is 19.4. The Morgan fingerprint density at radius 2 is 2.06 bits per heavy atom. The number of aryl methyl sites for hydroxylation is 1. The highest BCUT2D eigenvalue weighted by Gasteiger charge is 2.32. The number of aliphatic carboxylic acids is 1. The van der Waals surface area contributed by atoms with Crippen molar-refractivity contribution in [2.24, 2.45) is 5.92 Å². The van der Waals surface area contributed by atoms with E-state index in [2.05, 4.69) is 5.32 Å². The van der Waals surface area contributed by atoms with Gasteiger partial charge < -0.3 is 10.4 Å². The Hall–Kier alpha value is -1.72. The van der Waals surface area contributed by atoms with Gasteiger partial charge in [0.1, 0.15) is 0 Å². The molecule has 0 bridgehead atoms. The summed E-state index contributed by atoms with van der Waals surface area (Å²) < 4.78 is 37.9. The lowest BCUT2D eigenvalue weighted by molar-refractivity contribution is -0.140. The minimum Gasteiger partial charge on any atom is -0.481 e. The van der Waals surface area contributed by atoms with E-state index in [1.165, 1.54) is 26.0 Å². The topological polar surface area (TPSA) is 49.3 Å². The van der Waals surface area contributed by atoms with Gasteiger partial charge in [-0.2, -0.15) is 13.2 Å². The smallest absolute Gasteiger partial charge is 0.416 e. The first kappa shape index (κ1) is 14.3. The molecular formula is C12H14F3NO2. The molecule has 0 radical (unpaired) electrons. The zero-order chi connectivity index (χ0) is 13.9. The van der Waals surface area contributed by atoms with E-state index in [0.29, 0.717) is 0 Å². The summed E-state index contributed by atoms with van der Waals surface area (Å²) in [6, 6.07) is 3.85. The molecule has 1 atom stereocenters. The summed E-state index contributed by atoms with van der Waals surface area (Å²) in [6.45, 7) is 2.94. The maximum Gasteiger partial charge on any atom is 0.416 e. The first-order valence-electron chi connectivity index (χ1n) is 5.36. The summed E-state index contributed by atoms with van der Waals surface area (Å²) in [5.74, 6) is -1.66. The van der Waals surface area contributed by atoms with Gasteiger partial charge in [0.25, 0.3) is 0 Å². The van der Waals surface area contributed by atoms with Crippen molar-refractivity contribution in [3.63, 3.8) is 0 Å². The summed E-state index contributed by atoms with van der Waals surface area (Å²) in [6.07, 6.45) is -4.40. The summed E-state index contributed by atoms with van der Waals surface area (Å²) in [5.41, 5.74) is -0.309. The summed E-state index contributed by atoms with van der Waals surface area (Å²) >= 11 is 0. The van der Waals surface area contributed by atoms with Gasteiger partial charge in [-0.25, -0.2) is 0 Å². The number of benzene rings is 1. The lowest BCUT2D eigenvalue weighted by Gasteiger charge is -2.14. The Morgan fingerprint density at radius 1 is 1.44 bits per heavy atom. The van der Waals surface area contributed by atoms with Crippen LogP contribution in [0.2, 0.25) is 0 Å². The molecule has 0 fully saturated rings. The fourth-order valence-corrected chi connectivity index (χ4v) is 1.40. The van der Waals surface area contributed by atoms with Crippen LogP contribution >= 0.6 is 0 Å². The van der Waals surface area contributed by atoms with Crippen molar-refractivity contribution in [3.8, 4) is 0 Å². The van der Waals surface area contributed by atoms with Crippen molar-refractivity contribution in [1.29, 1.82) is 0 Å². The zero-order valence-corrected chi connectivity index (χ0v) is 10.0. The molecule has 0 spiro atoms. The summed E-state index contributed by atoms with van der Waals surface area (Å²) in [5, 5.41) is 11.4. The van der Waals surface area contributed by atoms with Crippen LogP contribution in [0, 0.1) is 12.8 Å². The molecule has 0 aromatic heterocycles. The fourth-order valence-electron chi connectivity index (χ4n) is 1.40. The fraction of sp³-hybridized carbons (Fsp3) is 0.417. The van der Waals surface area contributed by atoms with E-state index < -0.39 is 23.6 Å². The number of carboxylic acid groups (broad SMARTS) is 1. The number of nitrogens with one attached hydrogen (secondary N) is 1. The molecule has 6 heteroatoms. The lowest BCUT2D eigenvalue weighted by atomic mass is 10.1. The van der Waals surface area contributed by atoms with Crippen molar-refractivity contribution in [1.82, 2.24) is 0 Å². The Labute approximate surface area is 103 Å². The lowest BCUT2D eigenvalue weighted by Crippen LogP contribution is -2.20. The van der Waals surface area contributed by atoms with Gasteiger partial charge in [0, 0.05) is 12.2 Å². The summed E-state index contributed by atoms with van der Waals surface area (Å²) in [7, 11) is 0.